The van der Waals surface area contributed by atoms with E-state index in [-0.39, 0.29) is 22.7 Å². The molecule has 10 aromatic rings. The molecule has 0 spiro atoms. The highest BCUT2D eigenvalue weighted by molar-refractivity contribution is 7.87. The van der Waals surface area contributed by atoms with Gasteiger partial charge in [0.25, 0.3) is 72.1 Å². The Morgan fingerprint density at radius 3 is 0.846 bits per heavy atom. The largest absolute Gasteiger partial charge is 0.505 e. The van der Waals surface area contributed by atoms with Crippen LogP contribution in [0, 0.1) is 20.2 Å². The number of nitro groups is 2. The number of hydrogen-bond acceptors (Lipinski definition) is 34. The second-order valence-corrected chi connectivity index (χ2v) is 29.2. The summed E-state index contributed by atoms with van der Waals surface area (Å²) in [5.74, 6) is -5.91. The SMILES string of the molecule is O=[N+]([O-])c1ccc(N=Nc2c(S(=O)(=O)O)cc3cc(S(=O)(=O)O)cc(N=Nc4cc(N=Nc5ccc(-c6ccc(N=Nc7cc(N=Nc8cc(S(=O)(=O)O)cc9cc(S(=O)(=O)O)c(N=Nc%10ccc([N+](=O)[O-])cc%10)c(O)c89)c(O)cc7O)cc6S(=O)(=O)O)c(S(=O)(=O)O)c5)c(O)cc4O)c3c2O)cc1. The molecule has 0 unspecified atom stereocenters. The van der Waals surface area contributed by atoms with Crippen molar-refractivity contribution in [2.75, 3.05) is 0 Å². The molecule has 0 aliphatic carbocycles. The van der Waals surface area contributed by atoms with Gasteiger partial charge in [-0.2, -0.15) is 71.0 Å². The van der Waals surface area contributed by atoms with E-state index in [9.17, 15) is 129 Å². The Morgan fingerprint density at radius 2 is 0.558 bits per heavy atom. The van der Waals surface area contributed by atoms with E-state index in [0.717, 1.165) is 84.9 Å². The molecule has 10 rings (SSSR count). The highest BCUT2D eigenvalue weighted by Gasteiger charge is 2.30. The Balaban J connectivity index is 0.962. The molecular formula is C56H36N14O28S6. The second kappa shape index (κ2) is 27.7. The van der Waals surface area contributed by atoms with Gasteiger partial charge in [-0.15, -0.1) is 40.9 Å². The van der Waals surface area contributed by atoms with Crippen molar-refractivity contribution >= 4 is 162 Å². The zero-order valence-corrected chi connectivity index (χ0v) is 55.4. The summed E-state index contributed by atoms with van der Waals surface area (Å²) in [6.07, 6.45) is 0. The standard InChI is InChI=1S/C56H36N14O28S6/c71-43-23-45(73)39(63-65-41-19-33(99(81,82)83)13-25-15-49(103(93,94)95)53(55(75)51(25)41)67-57-27-1-7-31(8-2-27)69(77)78)21-37(43)61-59-29-5-11-35(47(17-29)101(87,88)89)36-12-6-30(18-48(36)102(90,91)92)60-62-38-22-40(46(74)24-44(38)72)64-66-42-20-34(100(84,85)86)14-26-16-50(104(96,97)98)54(56(76)52(26)42)68-58-28-3-9-32(10-4-28)70(79)80/h1-24,71-76H,(H,81,82,83)(H,84,85,86)(H,87,88,89)(H,90,91,92)(H,93,94,95)(H,96,97,98). The smallest absolute Gasteiger partial charge is 0.296 e. The number of nitrogens with zero attached hydrogens (tertiary/aromatic N) is 14. The lowest BCUT2D eigenvalue weighted by molar-refractivity contribution is -0.385. The first-order valence-electron chi connectivity index (χ1n) is 27.4. The summed E-state index contributed by atoms with van der Waals surface area (Å²) >= 11 is 0. The van der Waals surface area contributed by atoms with Crippen molar-refractivity contribution in [2.24, 2.45) is 61.4 Å². The number of benzene rings is 10. The second-order valence-electron chi connectivity index (χ2n) is 20.8. The Hall–Kier alpha value is -12.6. The average Bonchev–Trinajstić information content (AvgIpc) is 0.765. The van der Waals surface area contributed by atoms with E-state index >= 15 is 0 Å². The third-order valence-electron chi connectivity index (χ3n) is 14.0. The lowest BCUT2D eigenvalue weighted by atomic mass is 10.0. The molecular weight excluding hydrogens is 1510 g/mol. The minimum atomic E-state index is -5.45. The van der Waals surface area contributed by atoms with Gasteiger partial charge in [-0.05, 0) is 95.7 Å². The predicted octanol–water partition coefficient (Wildman–Crippen LogP) is 13.7. The van der Waals surface area contributed by atoms with Gasteiger partial charge in [0.15, 0.2) is 11.5 Å². The quantitative estimate of drug-likeness (QED) is 0.0138. The molecule has 0 fully saturated rings. The van der Waals surface area contributed by atoms with E-state index in [0.29, 0.717) is 60.7 Å². The van der Waals surface area contributed by atoms with Gasteiger partial charge in [0, 0.05) is 59.7 Å². The van der Waals surface area contributed by atoms with Crippen LogP contribution in [-0.4, -0.2) is 118 Å². The summed E-state index contributed by atoms with van der Waals surface area (Å²) in [5, 5.41) is 131. The first kappa shape index (κ1) is 74.1. The van der Waals surface area contributed by atoms with Gasteiger partial charge in [0.2, 0.25) is 0 Å². The van der Waals surface area contributed by atoms with E-state index in [1.807, 2.05) is 0 Å². The maximum absolute atomic E-state index is 13.0. The summed E-state index contributed by atoms with van der Waals surface area (Å²) in [7, 11) is -32.1. The molecule has 0 atom stereocenters. The highest BCUT2D eigenvalue weighted by atomic mass is 32.2. The molecule has 0 aromatic heterocycles. The average molecular weight is 1550 g/mol. The molecule has 534 valence electrons. The van der Waals surface area contributed by atoms with Gasteiger partial charge in [-0.3, -0.25) is 47.5 Å². The molecule has 0 aliphatic rings. The zero-order chi connectivity index (χ0) is 76.1. The Morgan fingerprint density at radius 1 is 0.279 bits per heavy atom. The number of aromatic hydroxyl groups is 6. The molecule has 104 heavy (non-hydrogen) atoms. The van der Waals surface area contributed by atoms with Crippen LogP contribution in [0.1, 0.15) is 0 Å². The van der Waals surface area contributed by atoms with Gasteiger partial charge < -0.3 is 30.6 Å². The maximum atomic E-state index is 13.0. The molecule has 10 aromatic carbocycles. The topological polar surface area (TPSA) is 682 Å². The van der Waals surface area contributed by atoms with Crippen LogP contribution in [0.2, 0.25) is 0 Å². The molecule has 0 radical (unpaired) electrons. The monoisotopic (exact) mass is 1540 g/mol. The third kappa shape index (κ3) is 16.2. The molecule has 0 bridgehead atoms. The van der Waals surface area contributed by atoms with Gasteiger partial charge in [-0.1, -0.05) is 12.1 Å². The summed E-state index contributed by atoms with van der Waals surface area (Å²) < 4.78 is 213. The van der Waals surface area contributed by atoms with Crippen LogP contribution in [0.4, 0.5) is 79.6 Å². The first-order valence-corrected chi connectivity index (χ1v) is 36.0. The van der Waals surface area contributed by atoms with E-state index in [1.165, 1.54) is 0 Å². The van der Waals surface area contributed by atoms with E-state index in [2.05, 4.69) is 61.4 Å². The van der Waals surface area contributed by atoms with Crippen LogP contribution in [-0.2, 0) is 60.7 Å². The number of azo groups is 6. The molecule has 0 aliphatic heterocycles. The van der Waals surface area contributed by atoms with Crippen molar-refractivity contribution in [2.45, 2.75) is 29.4 Å². The normalized spacial score (nSPS) is 12.9. The number of phenolic OH excluding ortho intramolecular Hbond substituents is 6. The van der Waals surface area contributed by atoms with Crippen molar-refractivity contribution in [3.8, 4) is 45.6 Å². The van der Waals surface area contributed by atoms with Crippen LogP contribution in [0.5, 0.6) is 34.5 Å². The van der Waals surface area contributed by atoms with Crippen LogP contribution >= 0.6 is 0 Å². The molecule has 12 N–H and O–H groups in total. The number of hydrogen-bond donors (Lipinski definition) is 12. The fraction of sp³-hybridized carbons (Fsp3) is 0. The predicted molar refractivity (Wildman–Crippen MR) is 353 cm³/mol. The summed E-state index contributed by atoms with van der Waals surface area (Å²) in [6.45, 7) is 0. The lowest BCUT2D eigenvalue weighted by Gasteiger charge is -2.12. The number of phenols is 6. The maximum Gasteiger partial charge on any atom is 0.296 e. The molecule has 0 saturated carbocycles. The van der Waals surface area contributed by atoms with Gasteiger partial charge in [-0.25, -0.2) is 0 Å². The van der Waals surface area contributed by atoms with Crippen LogP contribution in [0.3, 0.4) is 0 Å². The molecule has 42 nitrogen and oxygen atoms in total. The Kier molecular flexibility index (Phi) is 19.7. The van der Waals surface area contributed by atoms with Crippen LogP contribution in [0.25, 0.3) is 32.7 Å². The summed E-state index contributed by atoms with van der Waals surface area (Å²) in [5.41, 5.74) is -9.42. The van der Waals surface area contributed by atoms with E-state index in [1.54, 1.807) is 0 Å². The first-order chi connectivity index (χ1) is 48.4. The van der Waals surface area contributed by atoms with Gasteiger partial charge >= 0.3 is 0 Å². The number of rotatable bonds is 21. The third-order valence-corrected chi connectivity index (χ3v) is 19.2. The molecule has 48 heteroatoms. The number of fused-ring (bicyclic) bond motifs is 2. The minimum absolute atomic E-state index is 0.149. The van der Waals surface area contributed by atoms with E-state index in [4.69, 9.17) is 0 Å². The van der Waals surface area contributed by atoms with Crippen molar-refractivity contribution in [1.29, 1.82) is 0 Å². The highest BCUT2D eigenvalue weighted by Crippen LogP contribution is 2.50. The van der Waals surface area contributed by atoms with E-state index < -0.39 is 224 Å². The Bertz CT molecular complexity index is 5930. The number of nitro benzene ring substituents is 2. The van der Waals surface area contributed by atoms with Crippen molar-refractivity contribution in [3.05, 3.63) is 166 Å². The zero-order valence-electron chi connectivity index (χ0n) is 50.5. The lowest BCUT2D eigenvalue weighted by Crippen LogP contribution is -2.05. The fourth-order valence-electron chi connectivity index (χ4n) is 9.30. The minimum Gasteiger partial charge on any atom is -0.505 e. The summed E-state index contributed by atoms with van der Waals surface area (Å²) in [4.78, 5) is 14.2. The van der Waals surface area contributed by atoms with Gasteiger partial charge in [0.05, 0.1) is 64.5 Å². The molecule has 0 saturated heterocycles. The number of non-ortho nitro benzene ring substituents is 2. The van der Waals surface area contributed by atoms with Crippen LogP contribution in [0.15, 0.2) is 236 Å². The van der Waals surface area contributed by atoms with Crippen molar-refractivity contribution in [3.63, 3.8) is 0 Å². The fourth-order valence-corrected chi connectivity index (χ4v) is 13.1. The van der Waals surface area contributed by atoms with Gasteiger partial charge in [0.1, 0.15) is 76.7 Å². The molecule has 0 heterocycles. The molecule has 0 amide bonds. The van der Waals surface area contributed by atoms with Crippen molar-refractivity contribution < 1.29 is 118 Å². The Labute approximate surface area is 579 Å². The van der Waals surface area contributed by atoms with Crippen LogP contribution < -0.4 is 0 Å². The summed E-state index contributed by atoms with van der Waals surface area (Å²) in [6, 6.07) is 19.6. The van der Waals surface area contributed by atoms with Crippen molar-refractivity contribution in [1.82, 2.24) is 0 Å².